The molecule has 0 saturated carbocycles. The molecule has 0 aromatic heterocycles. The van der Waals surface area contributed by atoms with Crippen molar-refractivity contribution < 1.29 is 24.9 Å². The fourth-order valence-corrected chi connectivity index (χ4v) is 3.44. The molecular formula is C22H16ClO5. The maximum atomic E-state index is 11.6. The summed E-state index contributed by atoms with van der Waals surface area (Å²) in [5.41, 5.74) is 2.79. The predicted octanol–water partition coefficient (Wildman–Crippen LogP) is 4.81. The fourth-order valence-electron chi connectivity index (χ4n) is 3.25. The highest BCUT2D eigenvalue weighted by molar-refractivity contribution is 6.30. The standard InChI is InChI=1S/C22H16ClO5/c1-12-15(6-3-7-16(12)22(27)28)17-8-9-19(24)21(18(17)11-20(25)26)13-4-2-5-14(23)10-13/h2-7,9-10,24H,11H2,1H3,(H,25,26)(H,27,28). The predicted molar refractivity (Wildman–Crippen MR) is 106 cm³/mol. The summed E-state index contributed by atoms with van der Waals surface area (Å²) in [5, 5.41) is 29.8. The molecule has 0 aliphatic carbocycles. The molecule has 5 nitrogen and oxygen atoms in total. The van der Waals surface area contributed by atoms with Gasteiger partial charge in [0.05, 0.1) is 12.0 Å². The fraction of sp³-hybridized carbons (Fsp3) is 0.0909. The van der Waals surface area contributed by atoms with E-state index in [1.54, 1.807) is 43.3 Å². The average Bonchev–Trinajstić information content (AvgIpc) is 2.62. The van der Waals surface area contributed by atoms with Gasteiger partial charge in [-0.1, -0.05) is 35.9 Å². The highest BCUT2D eigenvalue weighted by Gasteiger charge is 2.21. The van der Waals surface area contributed by atoms with Gasteiger partial charge in [-0.3, -0.25) is 4.79 Å². The van der Waals surface area contributed by atoms with Crippen LogP contribution in [0.1, 0.15) is 21.5 Å². The summed E-state index contributed by atoms with van der Waals surface area (Å²) in [6.07, 6.45) is -0.376. The number of aromatic hydroxyl groups is 1. The summed E-state index contributed by atoms with van der Waals surface area (Å²) in [4.78, 5) is 23.0. The Balaban J connectivity index is 2.35. The molecule has 3 aromatic carbocycles. The lowest BCUT2D eigenvalue weighted by Gasteiger charge is -2.18. The molecule has 0 aliphatic rings. The van der Waals surface area contributed by atoms with Crippen molar-refractivity contribution in [2.24, 2.45) is 0 Å². The normalized spacial score (nSPS) is 10.6. The van der Waals surface area contributed by atoms with E-state index >= 15 is 0 Å². The zero-order valence-corrected chi connectivity index (χ0v) is 15.6. The maximum absolute atomic E-state index is 11.6. The molecule has 0 saturated heterocycles. The largest absolute Gasteiger partial charge is 0.507 e. The monoisotopic (exact) mass is 395 g/mol. The maximum Gasteiger partial charge on any atom is 0.335 e. The molecule has 28 heavy (non-hydrogen) atoms. The van der Waals surface area contributed by atoms with E-state index in [1.165, 1.54) is 12.1 Å². The zero-order valence-electron chi connectivity index (χ0n) is 14.9. The summed E-state index contributed by atoms with van der Waals surface area (Å²) in [6.45, 7) is 1.66. The van der Waals surface area contributed by atoms with Gasteiger partial charge in [-0.2, -0.15) is 0 Å². The van der Waals surface area contributed by atoms with E-state index in [0.29, 0.717) is 38.4 Å². The number of aromatic carboxylic acids is 1. The van der Waals surface area contributed by atoms with Crippen LogP contribution in [0.5, 0.6) is 5.75 Å². The lowest BCUT2D eigenvalue weighted by Crippen LogP contribution is -2.06. The van der Waals surface area contributed by atoms with E-state index in [0.717, 1.165) is 0 Å². The highest BCUT2D eigenvalue weighted by Crippen LogP contribution is 2.40. The van der Waals surface area contributed by atoms with Crippen molar-refractivity contribution in [3.63, 3.8) is 0 Å². The van der Waals surface area contributed by atoms with Gasteiger partial charge in [-0.25, -0.2) is 4.79 Å². The molecule has 0 aliphatic heterocycles. The molecule has 0 amide bonds. The molecule has 0 bridgehead atoms. The second-order valence-electron chi connectivity index (χ2n) is 6.27. The van der Waals surface area contributed by atoms with Crippen LogP contribution in [0.3, 0.4) is 0 Å². The van der Waals surface area contributed by atoms with Crippen molar-refractivity contribution in [2.75, 3.05) is 0 Å². The quantitative estimate of drug-likeness (QED) is 0.576. The molecule has 1 radical (unpaired) electrons. The third kappa shape index (κ3) is 3.70. The SMILES string of the molecule is Cc1c(C(=O)O)cccc1-c1[c]cc(O)c(-c2cccc(Cl)c2)c1CC(=O)O. The number of carboxylic acid groups (broad SMARTS) is 2. The first-order valence-electron chi connectivity index (χ1n) is 8.37. The molecule has 0 fully saturated rings. The van der Waals surface area contributed by atoms with Gasteiger partial charge >= 0.3 is 11.9 Å². The van der Waals surface area contributed by atoms with Gasteiger partial charge in [-0.15, -0.1) is 0 Å². The van der Waals surface area contributed by atoms with Crippen LogP contribution in [0.25, 0.3) is 22.3 Å². The van der Waals surface area contributed by atoms with Crippen molar-refractivity contribution in [1.29, 1.82) is 0 Å². The molecule has 141 valence electrons. The van der Waals surface area contributed by atoms with Crippen LogP contribution in [0.4, 0.5) is 0 Å². The van der Waals surface area contributed by atoms with Gasteiger partial charge in [0.2, 0.25) is 0 Å². The van der Waals surface area contributed by atoms with Crippen LogP contribution in [0.15, 0.2) is 48.5 Å². The van der Waals surface area contributed by atoms with E-state index in [9.17, 15) is 24.9 Å². The Morgan fingerprint density at radius 2 is 1.82 bits per heavy atom. The van der Waals surface area contributed by atoms with Gasteiger partial charge < -0.3 is 15.3 Å². The second-order valence-corrected chi connectivity index (χ2v) is 6.70. The minimum atomic E-state index is -1.09. The molecule has 0 atom stereocenters. The van der Waals surface area contributed by atoms with Gasteiger partial charge in [0.15, 0.2) is 0 Å². The van der Waals surface area contributed by atoms with E-state index in [-0.39, 0.29) is 17.7 Å². The second kappa shape index (κ2) is 7.74. The summed E-state index contributed by atoms with van der Waals surface area (Å²) < 4.78 is 0. The Morgan fingerprint density at radius 3 is 2.46 bits per heavy atom. The molecule has 3 aromatic rings. The highest BCUT2D eigenvalue weighted by atomic mass is 35.5. The number of phenolic OH excluding ortho intramolecular Hbond substituents is 1. The number of carboxylic acids is 2. The van der Waals surface area contributed by atoms with Crippen molar-refractivity contribution in [3.05, 3.63) is 76.3 Å². The van der Waals surface area contributed by atoms with Gasteiger partial charge in [0.1, 0.15) is 5.75 Å². The van der Waals surface area contributed by atoms with E-state index in [1.807, 2.05) is 0 Å². The van der Waals surface area contributed by atoms with Crippen molar-refractivity contribution in [2.45, 2.75) is 13.3 Å². The molecular weight excluding hydrogens is 380 g/mol. The zero-order chi connectivity index (χ0) is 20.4. The number of phenols is 1. The van der Waals surface area contributed by atoms with E-state index in [4.69, 9.17) is 11.6 Å². The minimum absolute atomic E-state index is 0.115. The smallest absolute Gasteiger partial charge is 0.335 e. The summed E-state index contributed by atoms with van der Waals surface area (Å²) in [7, 11) is 0. The summed E-state index contributed by atoms with van der Waals surface area (Å²) in [6, 6.07) is 15.8. The molecule has 3 rings (SSSR count). The molecule has 3 N–H and O–H groups in total. The van der Waals surface area contributed by atoms with Gasteiger partial charge in [0.25, 0.3) is 0 Å². The summed E-state index contributed by atoms with van der Waals surface area (Å²) in [5.74, 6) is -2.29. The molecule has 6 heteroatoms. The molecule has 0 unspecified atom stereocenters. The number of rotatable bonds is 5. The Bertz CT molecular complexity index is 1090. The third-order valence-electron chi connectivity index (χ3n) is 4.49. The topological polar surface area (TPSA) is 94.8 Å². The number of carbonyl (C=O) groups is 2. The molecule has 0 spiro atoms. The number of hydrogen-bond acceptors (Lipinski definition) is 3. The Kier molecular flexibility index (Phi) is 5.38. The summed E-state index contributed by atoms with van der Waals surface area (Å²) >= 11 is 6.07. The number of benzene rings is 3. The van der Waals surface area contributed by atoms with Crippen molar-refractivity contribution in [1.82, 2.24) is 0 Å². The first kappa shape index (κ1) is 19.5. The first-order chi connectivity index (χ1) is 13.3. The Hall–Kier alpha value is -3.31. The lowest BCUT2D eigenvalue weighted by atomic mass is 9.87. The van der Waals surface area contributed by atoms with E-state index < -0.39 is 11.9 Å². The lowest BCUT2D eigenvalue weighted by molar-refractivity contribution is -0.136. The van der Waals surface area contributed by atoms with Crippen LogP contribution in [-0.4, -0.2) is 27.3 Å². The van der Waals surface area contributed by atoms with Crippen LogP contribution in [0, 0.1) is 13.0 Å². The van der Waals surface area contributed by atoms with Gasteiger partial charge in [-0.05, 0) is 65.1 Å². The molecule has 0 heterocycles. The minimum Gasteiger partial charge on any atom is -0.507 e. The number of halogens is 1. The van der Waals surface area contributed by atoms with Crippen molar-refractivity contribution >= 4 is 23.5 Å². The van der Waals surface area contributed by atoms with E-state index in [2.05, 4.69) is 6.07 Å². The van der Waals surface area contributed by atoms with Crippen LogP contribution < -0.4 is 0 Å². The van der Waals surface area contributed by atoms with Crippen LogP contribution in [-0.2, 0) is 11.2 Å². The number of hydrogen-bond donors (Lipinski definition) is 3. The average molecular weight is 396 g/mol. The van der Waals surface area contributed by atoms with Crippen molar-refractivity contribution in [3.8, 4) is 28.0 Å². The number of aliphatic carboxylic acids is 1. The van der Waals surface area contributed by atoms with Gasteiger partial charge in [0, 0.05) is 10.6 Å². The van der Waals surface area contributed by atoms with Crippen LogP contribution >= 0.6 is 11.6 Å². The Morgan fingerprint density at radius 1 is 1.11 bits per heavy atom. The Labute approximate surface area is 166 Å². The van der Waals surface area contributed by atoms with Crippen LogP contribution in [0.2, 0.25) is 5.02 Å². The third-order valence-corrected chi connectivity index (χ3v) is 4.72. The first-order valence-corrected chi connectivity index (χ1v) is 8.75.